The zero-order valence-corrected chi connectivity index (χ0v) is 16.0. The van der Waals surface area contributed by atoms with Gasteiger partial charge in [-0.15, -0.1) is 6.58 Å². The maximum Gasteiger partial charge on any atom is 0.343 e. The molecule has 29 heavy (non-hydrogen) atoms. The Morgan fingerprint density at radius 1 is 0.966 bits per heavy atom. The Hall–Kier alpha value is -3.01. The summed E-state index contributed by atoms with van der Waals surface area (Å²) in [6.45, 7) is 3.89. The molecule has 0 atom stereocenters. The van der Waals surface area contributed by atoms with Gasteiger partial charge in [0, 0.05) is 5.39 Å². The lowest BCUT2D eigenvalue weighted by molar-refractivity contribution is 0.0735. The van der Waals surface area contributed by atoms with Gasteiger partial charge in [0.2, 0.25) is 0 Å². The Kier molecular flexibility index (Phi) is 5.43. The van der Waals surface area contributed by atoms with Crippen molar-refractivity contribution in [2.45, 2.75) is 31.6 Å². The number of hydrogen-bond donors (Lipinski definition) is 0. The fraction of sp³-hybridized carbons (Fsp3) is 0.240. The summed E-state index contributed by atoms with van der Waals surface area (Å²) in [5.41, 5.74) is 1.70. The van der Waals surface area contributed by atoms with Crippen molar-refractivity contribution in [3.05, 3.63) is 90.0 Å². The van der Waals surface area contributed by atoms with Crippen molar-refractivity contribution in [2.75, 3.05) is 0 Å². The normalized spacial score (nSPS) is 19.1. The molecule has 1 fully saturated rings. The summed E-state index contributed by atoms with van der Waals surface area (Å²) in [7, 11) is 0. The van der Waals surface area contributed by atoms with E-state index in [9.17, 15) is 13.6 Å². The third-order valence-electron chi connectivity index (χ3n) is 5.81. The van der Waals surface area contributed by atoms with Crippen LogP contribution < -0.4 is 4.74 Å². The van der Waals surface area contributed by atoms with E-state index in [1.807, 2.05) is 18.2 Å². The molecule has 0 heterocycles. The largest absolute Gasteiger partial charge is 0.423 e. The third kappa shape index (κ3) is 4.07. The SMILES string of the molecule is C=CC1CCC(c2ccc(C(=O)Oc3ccc4c(F)c(F)ccc4c3)cc2)CC1. The molecule has 1 aliphatic rings. The van der Waals surface area contributed by atoms with Crippen LogP contribution in [-0.2, 0) is 0 Å². The molecule has 0 aliphatic heterocycles. The fourth-order valence-corrected chi connectivity index (χ4v) is 4.05. The predicted molar refractivity (Wildman–Crippen MR) is 110 cm³/mol. The number of allylic oxidation sites excluding steroid dienone is 1. The molecule has 0 unspecified atom stereocenters. The molecule has 4 rings (SSSR count). The molecule has 2 nitrogen and oxygen atoms in total. The molecule has 0 aromatic heterocycles. The Bertz CT molecular complexity index is 1050. The van der Waals surface area contributed by atoms with Crippen LogP contribution in [0.2, 0.25) is 0 Å². The fourth-order valence-electron chi connectivity index (χ4n) is 4.05. The van der Waals surface area contributed by atoms with Crippen LogP contribution >= 0.6 is 0 Å². The number of fused-ring (bicyclic) bond motifs is 1. The summed E-state index contributed by atoms with van der Waals surface area (Å²) in [4.78, 5) is 12.5. The molecular weight excluding hydrogens is 370 g/mol. The van der Waals surface area contributed by atoms with Crippen LogP contribution in [0.15, 0.2) is 67.3 Å². The summed E-state index contributed by atoms with van der Waals surface area (Å²) < 4.78 is 32.5. The molecule has 0 amide bonds. The van der Waals surface area contributed by atoms with E-state index in [1.165, 1.54) is 29.8 Å². The summed E-state index contributed by atoms with van der Waals surface area (Å²) in [6, 6.07) is 14.5. The first kappa shape index (κ1) is 19.3. The molecule has 148 valence electrons. The molecule has 0 spiro atoms. The second-order valence-corrected chi connectivity index (χ2v) is 7.60. The average molecular weight is 392 g/mol. The first-order chi connectivity index (χ1) is 14.0. The van der Waals surface area contributed by atoms with E-state index in [2.05, 4.69) is 6.58 Å². The van der Waals surface area contributed by atoms with Crippen molar-refractivity contribution >= 4 is 16.7 Å². The Morgan fingerprint density at radius 2 is 1.69 bits per heavy atom. The van der Waals surface area contributed by atoms with Crippen LogP contribution in [0.4, 0.5) is 8.78 Å². The molecule has 4 heteroatoms. The minimum Gasteiger partial charge on any atom is -0.423 e. The maximum atomic E-state index is 13.8. The highest BCUT2D eigenvalue weighted by Crippen LogP contribution is 2.36. The van der Waals surface area contributed by atoms with Gasteiger partial charge in [-0.1, -0.05) is 24.3 Å². The van der Waals surface area contributed by atoms with Crippen molar-refractivity contribution in [3.8, 4) is 5.75 Å². The highest BCUT2D eigenvalue weighted by molar-refractivity contribution is 5.92. The maximum absolute atomic E-state index is 13.8. The minimum atomic E-state index is -0.905. The molecule has 3 aromatic rings. The van der Waals surface area contributed by atoms with Crippen molar-refractivity contribution in [1.29, 1.82) is 0 Å². The van der Waals surface area contributed by atoms with E-state index in [1.54, 1.807) is 12.1 Å². The number of hydrogen-bond acceptors (Lipinski definition) is 2. The van der Waals surface area contributed by atoms with Gasteiger partial charge in [0.15, 0.2) is 11.6 Å². The Balaban J connectivity index is 1.45. The van der Waals surface area contributed by atoms with Gasteiger partial charge in [0.05, 0.1) is 5.56 Å². The summed E-state index contributed by atoms with van der Waals surface area (Å²) in [5, 5.41) is 0.625. The van der Waals surface area contributed by atoms with Gasteiger partial charge < -0.3 is 4.74 Å². The highest BCUT2D eigenvalue weighted by Gasteiger charge is 2.21. The van der Waals surface area contributed by atoms with E-state index in [0.29, 0.717) is 28.5 Å². The number of carbonyl (C=O) groups is 1. The van der Waals surface area contributed by atoms with Gasteiger partial charge in [-0.25, -0.2) is 13.6 Å². The van der Waals surface area contributed by atoms with E-state index in [0.717, 1.165) is 31.7 Å². The van der Waals surface area contributed by atoms with Crippen LogP contribution in [0.1, 0.15) is 47.5 Å². The van der Waals surface area contributed by atoms with Gasteiger partial charge in [-0.2, -0.15) is 0 Å². The minimum absolute atomic E-state index is 0.153. The quantitative estimate of drug-likeness (QED) is 0.277. The van der Waals surface area contributed by atoms with Crippen molar-refractivity contribution < 1.29 is 18.3 Å². The average Bonchev–Trinajstić information content (AvgIpc) is 2.76. The summed E-state index contributed by atoms with van der Waals surface area (Å²) >= 11 is 0. The molecule has 0 radical (unpaired) electrons. The van der Waals surface area contributed by atoms with E-state index in [4.69, 9.17) is 4.74 Å². The van der Waals surface area contributed by atoms with Crippen molar-refractivity contribution in [3.63, 3.8) is 0 Å². The molecule has 3 aromatic carbocycles. The number of esters is 1. The second-order valence-electron chi connectivity index (χ2n) is 7.60. The lowest BCUT2D eigenvalue weighted by Crippen LogP contribution is -2.12. The van der Waals surface area contributed by atoms with E-state index >= 15 is 0 Å². The third-order valence-corrected chi connectivity index (χ3v) is 5.81. The molecule has 1 saturated carbocycles. The van der Waals surface area contributed by atoms with Crippen LogP contribution in [0, 0.1) is 17.6 Å². The monoisotopic (exact) mass is 392 g/mol. The summed E-state index contributed by atoms with van der Waals surface area (Å²) in [6.07, 6.45) is 6.63. The highest BCUT2D eigenvalue weighted by atomic mass is 19.2. The molecule has 0 bridgehead atoms. The van der Waals surface area contributed by atoms with Crippen molar-refractivity contribution in [2.24, 2.45) is 5.92 Å². The van der Waals surface area contributed by atoms with E-state index in [-0.39, 0.29) is 5.39 Å². The van der Waals surface area contributed by atoms with Gasteiger partial charge in [0.25, 0.3) is 0 Å². The first-order valence-electron chi connectivity index (χ1n) is 9.87. The predicted octanol–water partition coefficient (Wildman–Crippen LogP) is 6.80. The molecule has 0 saturated heterocycles. The second kappa shape index (κ2) is 8.16. The van der Waals surface area contributed by atoms with Gasteiger partial charge in [0.1, 0.15) is 5.75 Å². The van der Waals surface area contributed by atoms with Gasteiger partial charge in [-0.3, -0.25) is 0 Å². The lowest BCUT2D eigenvalue weighted by Gasteiger charge is -2.26. The van der Waals surface area contributed by atoms with Crippen LogP contribution in [0.3, 0.4) is 0 Å². The van der Waals surface area contributed by atoms with Gasteiger partial charge in [-0.05, 0) is 84.9 Å². The smallest absolute Gasteiger partial charge is 0.343 e. The van der Waals surface area contributed by atoms with Crippen LogP contribution in [-0.4, -0.2) is 5.97 Å². The molecular formula is C25H22F2O2. The first-order valence-corrected chi connectivity index (χ1v) is 9.87. The van der Waals surface area contributed by atoms with Gasteiger partial charge >= 0.3 is 5.97 Å². The number of rotatable bonds is 4. The van der Waals surface area contributed by atoms with Crippen molar-refractivity contribution in [1.82, 2.24) is 0 Å². The number of halogens is 2. The standard InChI is InChI=1S/C25H22F2O2/c1-2-16-3-5-17(6-4-16)18-7-9-19(10-8-18)25(28)29-21-12-13-22-20(15-21)11-14-23(26)24(22)27/h2,7-17H,1,3-6H2. The Morgan fingerprint density at radius 3 is 2.38 bits per heavy atom. The summed E-state index contributed by atoms with van der Waals surface area (Å²) in [5.74, 6) is -0.855. The zero-order chi connectivity index (χ0) is 20.4. The number of carbonyl (C=O) groups excluding carboxylic acids is 1. The number of ether oxygens (including phenoxy) is 1. The van der Waals surface area contributed by atoms with Crippen LogP contribution in [0.5, 0.6) is 5.75 Å². The molecule has 1 aliphatic carbocycles. The topological polar surface area (TPSA) is 26.3 Å². The zero-order valence-electron chi connectivity index (χ0n) is 16.0. The lowest BCUT2D eigenvalue weighted by atomic mass is 9.79. The van der Waals surface area contributed by atoms with E-state index < -0.39 is 17.6 Å². The number of benzene rings is 3. The molecule has 0 N–H and O–H groups in total. The van der Waals surface area contributed by atoms with Crippen LogP contribution in [0.25, 0.3) is 10.8 Å². The Labute approximate surface area is 168 Å².